The molecule has 3 N–H and O–H groups in total. The number of carbonyl (C=O) groups is 2. The molecule has 8 heteroatoms. The number of anilines is 1. The van der Waals surface area contributed by atoms with Crippen LogP contribution in [0.15, 0.2) is 60.6 Å². The monoisotopic (exact) mass is 434 g/mol. The van der Waals surface area contributed by atoms with Gasteiger partial charge < -0.3 is 20.4 Å². The van der Waals surface area contributed by atoms with Gasteiger partial charge in [0.1, 0.15) is 0 Å². The first-order valence-corrected chi connectivity index (χ1v) is 11.0. The number of hydrogen-bond donors (Lipinski definition) is 3. The minimum Gasteiger partial charge on any atom is -0.449 e. The highest BCUT2D eigenvalue weighted by atomic mass is 32.2. The molecule has 0 aliphatic carbocycles. The lowest BCUT2D eigenvalue weighted by Gasteiger charge is -2.20. The van der Waals surface area contributed by atoms with E-state index < -0.39 is 0 Å². The van der Waals surface area contributed by atoms with Crippen LogP contribution >= 0.6 is 11.8 Å². The maximum atomic E-state index is 12.5. The van der Waals surface area contributed by atoms with Gasteiger partial charge in [-0.05, 0) is 36.8 Å². The molecule has 7 nitrogen and oxygen atoms in total. The second kappa shape index (κ2) is 9.53. The van der Waals surface area contributed by atoms with Crippen LogP contribution in [0.25, 0.3) is 6.08 Å². The van der Waals surface area contributed by atoms with Crippen molar-refractivity contribution in [3.05, 3.63) is 83.1 Å². The first-order valence-electron chi connectivity index (χ1n) is 9.85. The lowest BCUT2D eigenvalue weighted by atomic mass is 10.1. The van der Waals surface area contributed by atoms with Gasteiger partial charge in [-0.15, -0.1) is 0 Å². The van der Waals surface area contributed by atoms with Crippen LogP contribution in [-0.2, 0) is 10.5 Å². The highest BCUT2D eigenvalue weighted by molar-refractivity contribution is 7.98. The molecule has 0 fully saturated rings. The molecule has 4 rings (SSSR count). The number of aromatic nitrogens is 2. The Bertz CT molecular complexity index is 1120. The maximum absolute atomic E-state index is 12.5. The number of rotatable bonds is 7. The average Bonchev–Trinajstić information content (AvgIpc) is 3.19. The van der Waals surface area contributed by atoms with Crippen LogP contribution in [0.3, 0.4) is 0 Å². The Kier molecular flexibility index (Phi) is 6.37. The lowest BCUT2D eigenvalue weighted by molar-refractivity contribution is -0.115. The zero-order chi connectivity index (χ0) is 21.6. The van der Waals surface area contributed by atoms with Gasteiger partial charge in [-0.25, -0.2) is 4.98 Å². The number of aryl methyl sites for hydroxylation is 1. The van der Waals surface area contributed by atoms with Crippen molar-refractivity contribution in [2.24, 2.45) is 0 Å². The summed E-state index contributed by atoms with van der Waals surface area (Å²) in [4.78, 5) is 32.2. The number of benzene rings is 2. The highest BCUT2D eigenvalue weighted by Crippen LogP contribution is 2.32. The van der Waals surface area contributed by atoms with E-state index in [1.807, 2.05) is 37.3 Å². The Balaban J connectivity index is 1.32. The van der Waals surface area contributed by atoms with Gasteiger partial charge >= 0.3 is 0 Å². The average molecular weight is 435 g/mol. The number of carbonyl (C=O) groups excluding carboxylic acids is 2. The van der Waals surface area contributed by atoms with Gasteiger partial charge in [0.15, 0.2) is 11.5 Å². The fourth-order valence-corrected chi connectivity index (χ4v) is 3.92. The molecule has 1 aliphatic heterocycles. The third-order valence-electron chi connectivity index (χ3n) is 4.74. The van der Waals surface area contributed by atoms with Crippen LogP contribution in [0, 0.1) is 6.92 Å². The lowest BCUT2D eigenvalue weighted by Crippen LogP contribution is -2.27. The van der Waals surface area contributed by atoms with Gasteiger partial charge in [-0.2, -0.15) is 11.8 Å². The Morgan fingerprint density at radius 2 is 2.06 bits per heavy atom. The Hall–Kier alpha value is -3.52. The number of fused-ring (bicyclic) bond motifs is 1. The van der Waals surface area contributed by atoms with Crippen LogP contribution in [0.1, 0.15) is 27.3 Å². The number of amides is 2. The largest absolute Gasteiger partial charge is 0.449 e. The number of nitrogens with zero attached hydrogens (tertiary/aromatic N) is 1. The van der Waals surface area contributed by atoms with E-state index in [0.29, 0.717) is 23.5 Å². The van der Waals surface area contributed by atoms with Crippen molar-refractivity contribution in [3.8, 4) is 5.75 Å². The SMILES string of the molecule is Cc1[nH]cnc1CSCCNC(=O)c1ccc2c(c1)NC(=O)/C(=C/c1ccccc1)O2. The van der Waals surface area contributed by atoms with Gasteiger partial charge in [0, 0.05) is 29.3 Å². The van der Waals surface area contributed by atoms with Gasteiger partial charge in [-0.3, -0.25) is 9.59 Å². The smallest absolute Gasteiger partial charge is 0.291 e. The van der Waals surface area contributed by atoms with Gasteiger partial charge in [0.25, 0.3) is 11.8 Å². The summed E-state index contributed by atoms with van der Waals surface area (Å²) in [5, 5.41) is 5.70. The molecule has 0 radical (unpaired) electrons. The van der Waals surface area contributed by atoms with Crippen molar-refractivity contribution in [1.82, 2.24) is 15.3 Å². The minimum atomic E-state index is -0.348. The van der Waals surface area contributed by atoms with E-state index in [1.165, 1.54) is 0 Å². The predicted octanol–water partition coefficient (Wildman–Crippen LogP) is 3.75. The molecule has 0 unspecified atom stereocenters. The summed E-state index contributed by atoms with van der Waals surface area (Å²) in [6, 6.07) is 14.5. The predicted molar refractivity (Wildman–Crippen MR) is 122 cm³/mol. The van der Waals surface area contributed by atoms with Crippen molar-refractivity contribution in [2.75, 3.05) is 17.6 Å². The van der Waals surface area contributed by atoms with Gasteiger partial charge in [0.05, 0.1) is 17.7 Å². The molecule has 3 aromatic rings. The van der Waals surface area contributed by atoms with Crippen molar-refractivity contribution >= 4 is 35.3 Å². The number of aromatic amines is 1. The number of imidazole rings is 1. The summed E-state index contributed by atoms with van der Waals surface area (Å²) in [6.07, 6.45) is 3.37. The first-order chi connectivity index (χ1) is 15.1. The van der Waals surface area contributed by atoms with Gasteiger partial charge in [0.2, 0.25) is 0 Å². The van der Waals surface area contributed by atoms with E-state index in [4.69, 9.17) is 4.74 Å². The summed E-state index contributed by atoms with van der Waals surface area (Å²) in [6.45, 7) is 2.53. The first kappa shape index (κ1) is 20.7. The second-order valence-electron chi connectivity index (χ2n) is 6.97. The molecular formula is C23H22N4O3S. The van der Waals surface area contributed by atoms with E-state index in [0.717, 1.165) is 28.5 Å². The quantitative estimate of drug-likeness (QED) is 0.389. The molecule has 1 aromatic heterocycles. The molecule has 2 heterocycles. The van der Waals surface area contributed by atoms with Crippen LogP contribution in [0.4, 0.5) is 5.69 Å². The van der Waals surface area contributed by atoms with E-state index >= 15 is 0 Å². The third-order valence-corrected chi connectivity index (χ3v) is 5.71. The zero-order valence-electron chi connectivity index (χ0n) is 17.0. The summed E-state index contributed by atoms with van der Waals surface area (Å²) in [7, 11) is 0. The number of H-pyrrole nitrogens is 1. The fourth-order valence-electron chi connectivity index (χ4n) is 3.04. The topological polar surface area (TPSA) is 96.1 Å². The summed E-state index contributed by atoms with van der Waals surface area (Å²) >= 11 is 1.71. The Morgan fingerprint density at radius 1 is 1.23 bits per heavy atom. The summed E-state index contributed by atoms with van der Waals surface area (Å²) < 4.78 is 5.75. The second-order valence-corrected chi connectivity index (χ2v) is 8.07. The molecule has 0 saturated carbocycles. The fraction of sp³-hybridized carbons (Fsp3) is 0.174. The Labute approximate surface area is 184 Å². The maximum Gasteiger partial charge on any atom is 0.291 e. The van der Waals surface area contributed by atoms with E-state index in [9.17, 15) is 9.59 Å². The molecular weight excluding hydrogens is 412 g/mol. The number of thioether (sulfide) groups is 1. The van der Waals surface area contributed by atoms with E-state index in [1.54, 1.807) is 42.4 Å². The number of ether oxygens (including phenoxy) is 1. The summed E-state index contributed by atoms with van der Waals surface area (Å²) in [5.74, 6) is 1.74. The normalized spacial score (nSPS) is 14.0. The molecule has 158 valence electrons. The van der Waals surface area contributed by atoms with Crippen LogP contribution in [0.5, 0.6) is 5.75 Å². The van der Waals surface area contributed by atoms with Crippen LogP contribution < -0.4 is 15.4 Å². The third kappa shape index (κ3) is 5.16. The van der Waals surface area contributed by atoms with Crippen molar-refractivity contribution < 1.29 is 14.3 Å². The highest BCUT2D eigenvalue weighted by Gasteiger charge is 2.23. The molecule has 31 heavy (non-hydrogen) atoms. The molecule has 0 spiro atoms. The zero-order valence-corrected chi connectivity index (χ0v) is 17.8. The molecule has 0 saturated heterocycles. The summed E-state index contributed by atoms with van der Waals surface area (Å²) in [5.41, 5.74) is 3.91. The Morgan fingerprint density at radius 3 is 2.84 bits per heavy atom. The standard InChI is InChI=1S/C23H22N4O3S/c1-15-19(26-14-25-15)13-31-10-9-24-22(28)17-7-8-20-18(12-17)27-23(29)21(30-20)11-16-5-3-2-4-6-16/h2-8,11-12,14H,9-10,13H2,1H3,(H,24,28)(H,25,26)(H,27,29)/b21-11-. The van der Waals surface area contributed by atoms with Crippen molar-refractivity contribution in [2.45, 2.75) is 12.7 Å². The van der Waals surface area contributed by atoms with Crippen molar-refractivity contribution in [1.29, 1.82) is 0 Å². The van der Waals surface area contributed by atoms with Crippen LogP contribution in [0.2, 0.25) is 0 Å². The molecule has 2 amide bonds. The molecule has 0 bridgehead atoms. The van der Waals surface area contributed by atoms with Crippen LogP contribution in [-0.4, -0.2) is 34.1 Å². The van der Waals surface area contributed by atoms with Crippen molar-refractivity contribution in [3.63, 3.8) is 0 Å². The van der Waals surface area contributed by atoms with E-state index in [-0.39, 0.29) is 17.6 Å². The number of nitrogens with one attached hydrogen (secondary N) is 3. The minimum absolute atomic E-state index is 0.195. The molecule has 0 atom stereocenters. The molecule has 2 aromatic carbocycles. The molecule has 1 aliphatic rings. The number of hydrogen-bond acceptors (Lipinski definition) is 5. The van der Waals surface area contributed by atoms with E-state index in [2.05, 4.69) is 20.6 Å². The van der Waals surface area contributed by atoms with Gasteiger partial charge in [-0.1, -0.05) is 30.3 Å².